The third kappa shape index (κ3) is 5.02. The molecule has 0 radical (unpaired) electrons. The van der Waals surface area contributed by atoms with E-state index < -0.39 is 33.8 Å². The fourth-order valence-electron chi connectivity index (χ4n) is 3.15. The lowest BCUT2D eigenvalue weighted by Gasteiger charge is -2.18. The molecular weight excluding hydrogens is 427 g/mol. The van der Waals surface area contributed by atoms with Crippen LogP contribution in [0.25, 0.3) is 0 Å². The number of esters is 1. The summed E-state index contributed by atoms with van der Waals surface area (Å²) in [5.74, 6) is -2.14. The maximum Gasteiger partial charge on any atom is 0.338 e. The third-order valence-electron chi connectivity index (χ3n) is 4.87. The average Bonchev–Trinajstić information content (AvgIpc) is 3.30. The van der Waals surface area contributed by atoms with Crippen LogP contribution in [0.2, 0.25) is 0 Å². The molecule has 2 aromatic rings. The van der Waals surface area contributed by atoms with Crippen LogP contribution in [0, 0.1) is 5.82 Å². The molecule has 1 fully saturated rings. The molecular formula is C21H23FN2O6S. The quantitative estimate of drug-likeness (QED) is 0.651. The van der Waals surface area contributed by atoms with Crippen molar-refractivity contribution in [1.82, 2.24) is 4.31 Å². The first kappa shape index (κ1) is 22.7. The summed E-state index contributed by atoms with van der Waals surface area (Å²) in [5.41, 5.74) is -0.0945. The van der Waals surface area contributed by atoms with Crippen molar-refractivity contribution in [3.05, 3.63) is 53.8 Å². The fourth-order valence-corrected chi connectivity index (χ4v) is 4.85. The Bertz CT molecular complexity index is 1080. The Morgan fingerprint density at radius 3 is 2.45 bits per heavy atom. The van der Waals surface area contributed by atoms with Crippen LogP contribution in [0.4, 0.5) is 10.1 Å². The minimum Gasteiger partial charge on any atom is -0.495 e. The predicted octanol–water partition coefficient (Wildman–Crippen LogP) is 2.80. The lowest BCUT2D eigenvalue weighted by molar-refractivity contribution is -0.123. The summed E-state index contributed by atoms with van der Waals surface area (Å²) in [5, 5.41) is 2.34. The van der Waals surface area contributed by atoms with E-state index in [1.807, 2.05) is 0 Å². The molecule has 166 valence electrons. The zero-order chi connectivity index (χ0) is 22.6. The van der Waals surface area contributed by atoms with Crippen LogP contribution in [0.1, 0.15) is 30.1 Å². The third-order valence-corrected chi connectivity index (χ3v) is 6.79. The number of sulfonamides is 1. The number of methoxy groups -OCH3 is 1. The largest absolute Gasteiger partial charge is 0.495 e. The summed E-state index contributed by atoms with van der Waals surface area (Å²) in [6.07, 6.45) is 0.281. The van der Waals surface area contributed by atoms with Gasteiger partial charge in [0.1, 0.15) is 16.5 Å². The number of anilines is 1. The van der Waals surface area contributed by atoms with Gasteiger partial charge in [-0.1, -0.05) is 12.1 Å². The molecule has 0 bridgehead atoms. The molecule has 31 heavy (non-hydrogen) atoms. The molecule has 0 aliphatic carbocycles. The minimum absolute atomic E-state index is 0.0427. The van der Waals surface area contributed by atoms with Crippen molar-refractivity contribution in [3.8, 4) is 5.75 Å². The van der Waals surface area contributed by atoms with Crippen molar-refractivity contribution in [1.29, 1.82) is 0 Å². The van der Waals surface area contributed by atoms with Crippen molar-refractivity contribution in [2.75, 3.05) is 25.5 Å². The van der Waals surface area contributed by atoms with E-state index in [4.69, 9.17) is 9.47 Å². The van der Waals surface area contributed by atoms with Crippen LogP contribution in [-0.4, -0.2) is 50.9 Å². The summed E-state index contributed by atoms with van der Waals surface area (Å²) in [4.78, 5) is 24.7. The van der Waals surface area contributed by atoms with Gasteiger partial charge in [-0.3, -0.25) is 4.79 Å². The first-order valence-corrected chi connectivity index (χ1v) is 11.1. The van der Waals surface area contributed by atoms with Crippen molar-refractivity contribution < 1.29 is 31.9 Å². The number of hydrogen-bond donors (Lipinski definition) is 1. The summed E-state index contributed by atoms with van der Waals surface area (Å²) in [6.45, 7) is 2.13. The van der Waals surface area contributed by atoms with E-state index in [1.165, 1.54) is 54.7 Å². The summed E-state index contributed by atoms with van der Waals surface area (Å²) in [6, 6.07) is 9.49. The number of amides is 1. The number of hydrogen-bond acceptors (Lipinski definition) is 6. The second-order valence-corrected chi connectivity index (χ2v) is 8.90. The predicted molar refractivity (Wildman–Crippen MR) is 111 cm³/mol. The maximum absolute atomic E-state index is 13.7. The van der Waals surface area contributed by atoms with E-state index in [0.29, 0.717) is 13.1 Å². The zero-order valence-electron chi connectivity index (χ0n) is 17.1. The minimum atomic E-state index is -3.85. The number of para-hydroxylation sites is 1. The van der Waals surface area contributed by atoms with Crippen LogP contribution in [0.3, 0.4) is 0 Å². The Balaban J connectivity index is 1.77. The van der Waals surface area contributed by atoms with Gasteiger partial charge in [-0.25, -0.2) is 17.6 Å². The molecule has 2 aromatic carbocycles. The van der Waals surface area contributed by atoms with Gasteiger partial charge in [0.25, 0.3) is 5.91 Å². The second-order valence-electron chi connectivity index (χ2n) is 6.99. The second kappa shape index (κ2) is 9.44. The zero-order valence-corrected chi connectivity index (χ0v) is 17.9. The maximum atomic E-state index is 13.7. The molecule has 3 rings (SSSR count). The highest BCUT2D eigenvalue weighted by Gasteiger charge is 2.31. The van der Waals surface area contributed by atoms with Crippen molar-refractivity contribution >= 4 is 27.6 Å². The molecule has 1 aliphatic heterocycles. The number of ether oxygens (including phenoxy) is 2. The molecule has 1 atom stereocenters. The van der Waals surface area contributed by atoms with Crippen molar-refractivity contribution in [2.45, 2.75) is 30.8 Å². The van der Waals surface area contributed by atoms with Gasteiger partial charge in [0.05, 0.1) is 18.4 Å². The lowest BCUT2D eigenvalue weighted by Crippen LogP contribution is -2.30. The van der Waals surface area contributed by atoms with Gasteiger partial charge in [0.2, 0.25) is 10.0 Å². The molecule has 0 spiro atoms. The SMILES string of the molecule is COc1ccc(C(=O)O[C@@H](C)C(=O)Nc2ccccc2F)cc1S(=O)(=O)N1CCCC1. The number of rotatable bonds is 7. The molecule has 0 aromatic heterocycles. The molecule has 0 unspecified atom stereocenters. The number of halogens is 1. The van der Waals surface area contributed by atoms with Crippen LogP contribution >= 0.6 is 0 Å². The monoisotopic (exact) mass is 450 g/mol. The van der Waals surface area contributed by atoms with Crippen LogP contribution < -0.4 is 10.1 Å². The molecule has 1 heterocycles. The number of nitrogens with zero attached hydrogens (tertiary/aromatic N) is 1. The standard InChI is InChI=1S/C21H23FN2O6S/c1-14(20(25)23-17-8-4-3-7-16(17)22)30-21(26)15-9-10-18(29-2)19(13-15)31(27,28)24-11-5-6-12-24/h3-4,7-10,13-14H,5-6,11-12H2,1-2H3,(H,23,25)/t14-/m0/s1. The normalized spacial score (nSPS) is 15.3. The lowest BCUT2D eigenvalue weighted by atomic mass is 10.2. The van der Waals surface area contributed by atoms with Gasteiger partial charge >= 0.3 is 5.97 Å². The summed E-state index contributed by atoms with van der Waals surface area (Å²) >= 11 is 0. The number of carbonyl (C=O) groups excluding carboxylic acids is 2. The number of benzene rings is 2. The van der Waals surface area contributed by atoms with Gasteiger partial charge in [0.15, 0.2) is 6.10 Å². The molecule has 1 aliphatic rings. The van der Waals surface area contributed by atoms with E-state index in [9.17, 15) is 22.4 Å². The molecule has 1 saturated heterocycles. The Morgan fingerprint density at radius 2 is 1.81 bits per heavy atom. The van der Waals surface area contributed by atoms with Gasteiger partial charge in [-0.2, -0.15) is 4.31 Å². The van der Waals surface area contributed by atoms with E-state index in [1.54, 1.807) is 6.07 Å². The average molecular weight is 450 g/mol. The molecule has 8 nitrogen and oxygen atoms in total. The fraction of sp³-hybridized carbons (Fsp3) is 0.333. The Morgan fingerprint density at radius 1 is 1.13 bits per heavy atom. The Labute approximate surface area is 180 Å². The first-order valence-electron chi connectivity index (χ1n) is 9.68. The van der Waals surface area contributed by atoms with E-state index in [-0.39, 0.29) is 21.9 Å². The molecule has 10 heteroatoms. The first-order chi connectivity index (χ1) is 14.7. The molecule has 1 N–H and O–H groups in total. The van der Waals surface area contributed by atoms with Crippen LogP contribution in [-0.2, 0) is 19.6 Å². The van der Waals surface area contributed by atoms with Crippen molar-refractivity contribution in [2.24, 2.45) is 0 Å². The van der Waals surface area contributed by atoms with E-state index in [0.717, 1.165) is 12.8 Å². The van der Waals surface area contributed by atoms with E-state index >= 15 is 0 Å². The van der Waals surface area contributed by atoms with E-state index in [2.05, 4.69) is 5.32 Å². The van der Waals surface area contributed by atoms with Gasteiger partial charge in [0, 0.05) is 13.1 Å². The van der Waals surface area contributed by atoms with Gasteiger partial charge in [-0.15, -0.1) is 0 Å². The highest BCUT2D eigenvalue weighted by molar-refractivity contribution is 7.89. The summed E-state index contributed by atoms with van der Waals surface area (Å²) < 4.78 is 51.3. The van der Waals surface area contributed by atoms with Crippen molar-refractivity contribution in [3.63, 3.8) is 0 Å². The Hall–Kier alpha value is -2.98. The number of nitrogens with one attached hydrogen (secondary N) is 1. The van der Waals surface area contributed by atoms with Gasteiger partial charge < -0.3 is 14.8 Å². The van der Waals surface area contributed by atoms with Gasteiger partial charge in [-0.05, 0) is 50.1 Å². The molecule has 0 saturated carbocycles. The smallest absolute Gasteiger partial charge is 0.338 e. The van der Waals surface area contributed by atoms with Crippen LogP contribution in [0.5, 0.6) is 5.75 Å². The highest BCUT2D eigenvalue weighted by Crippen LogP contribution is 2.30. The molecule has 1 amide bonds. The highest BCUT2D eigenvalue weighted by atomic mass is 32.2. The topological polar surface area (TPSA) is 102 Å². The van der Waals surface area contributed by atoms with Crippen LogP contribution in [0.15, 0.2) is 47.4 Å². The number of carbonyl (C=O) groups is 2. The summed E-state index contributed by atoms with van der Waals surface area (Å²) in [7, 11) is -2.51. The Kier molecular flexibility index (Phi) is 6.91.